The van der Waals surface area contributed by atoms with Crippen LogP contribution in [0.5, 0.6) is 5.75 Å². The van der Waals surface area contributed by atoms with Gasteiger partial charge in [0.2, 0.25) is 0 Å². The highest BCUT2D eigenvalue weighted by Crippen LogP contribution is 2.34. The van der Waals surface area contributed by atoms with Gasteiger partial charge in [0.25, 0.3) is 5.91 Å². The van der Waals surface area contributed by atoms with Crippen molar-refractivity contribution in [1.82, 2.24) is 4.90 Å². The molecule has 0 bridgehead atoms. The van der Waals surface area contributed by atoms with Crippen LogP contribution in [0.4, 0.5) is 0 Å². The average Bonchev–Trinajstić information content (AvgIpc) is 2.67. The Bertz CT molecular complexity index is 540. The number of rotatable bonds is 4. The lowest BCUT2D eigenvalue weighted by Crippen LogP contribution is -2.28. The zero-order valence-corrected chi connectivity index (χ0v) is 12.5. The smallest absolute Gasteiger partial charge is 0.266 e. The van der Waals surface area contributed by atoms with E-state index in [0.717, 1.165) is 17.7 Å². The molecule has 0 saturated carbocycles. The molecule has 1 saturated heterocycles. The van der Waals surface area contributed by atoms with Gasteiger partial charge in [0.05, 0.1) is 12.0 Å². The summed E-state index contributed by atoms with van der Waals surface area (Å²) in [4.78, 5) is 14.5. The minimum absolute atomic E-state index is 0.0113. The van der Waals surface area contributed by atoms with Gasteiger partial charge in [0.15, 0.2) is 0 Å². The van der Waals surface area contributed by atoms with Crippen LogP contribution >= 0.6 is 24.0 Å². The van der Waals surface area contributed by atoms with Crippen LogP contribution in [0.1, 0.15) is 18.9 Å². The highest BCUT2D eigenvalue weighted by Gasteiger charge is 2.31. The second-order valence-corrected chi connectivity index (χ2v) is 5.75. The molecule has 0 unspecified atom stereocenters. The summed E-state index contributed by atoms with van der Waals surface area (Å²) in [7, 11) is 1.62. The van der Waals surface area contributed by atoms with Crippen molar-refractivity contribution < 1.29 is 9.53 Å². The van der Waals surface area contributed by atoms with Gasteiger partial charge in [-0.05, 0) is 18.6 Å². The van der Waals surface area contributed by atoms with Crippen LogP contribution in [0.25, 0.3) is 6.08 Å². The highest BCUT2D eigenvalue weighted by atomic mass is 32.2. The van der Waals surface area contributed by atoms with E-state index in [0.29, 0.717) is 15.8 Å². The van der Waals surface area contributed by atoms with Crippen molar-refractivity contribution >= 4 is 40.3 Å². The molecular formula is C14H15NO2S2. The lowest BCUT2D eigenvalue weighted by atomic mass is 10.2. The minimum Gasteiger partial charge on any atom is -0.496 e. The van der Waals surface area contributed by atoms with E-state index in [1.165, 1.54) is 11.8 Å². The zero-order valence-electron chi connectivity index (χ0n) is 10.9. The molecule has 5 heteroatoms. The molecule has 0 radical (unpaired) electrons. The van der Waals surface area contributed by atoms with Crippen LogP contribution in [-0.4, -0.2) is 28.8 Å². The summed E-state index contributed by atoms with van der Waals surface area (Å²) in [5, 5.41) is 0. The lowest BCUT2D eigenvalue weighted by Gasteiger charge is -2.12. The number of amides is 1. The summed E-state index contributed by atoms with van der Waals surface area (Å²) in [6.45, 7) is 2.70. The lowest BCUT2D eigenvalue weighted by molar-refractivity contribution is -0.122. The molecule has 0 aromatic heterocycles. The third kappa shape index (κ3) is 2.98. The van der Waals surface area contributed by atoms with Crippen molar-refractivity contribution in [3.05, 3.63) is 34.7 Å². The van der Waals surface area contributed by atoms with Gasteiger partial charge in [0, 0.05) is 12.1 Å². The SMILES string of the molecule is CCCN1C(=O)/C(=C/c2ccccc2OC)SC1=S. The second-order valence-electron chi connectivity index (χ2n) is 4.08. The third-order valence-corrected chi connectivity index (χ3v) is 4.12. The Labute approximate surface area is 122 Å². The molecule has 1 aromatic carbocycles. The molecule has 100 valence electrons. The fourth-order valence-corrected chi connectivity index (χ4v) is 3.14. The molecule has 2 rings (SSSR count). The number of hydrogen-bond acceptors (Lipinski definition) is 4. The van der Waals surface area contributed by atoms with Crippen LogP contribution in [0.3, 0.4) is 0 Å². The molecule has 19 heavy (non-hydrogen) atoms. The molecule has 0 aliphatic carbocycles. The molecule has 1 aliphatic rings. The van der Waals surface area contributed by atoms with Crippen LogP contribution in [-0.2, 0) is 4.79 Å². The van der Waals surface area contributed by atoms with E-state index in [9.17, 15) is 4.79 Å². The van der Waals surface area contributed by atoms with Gasteiger partial charge in [-0.1, -0.05) is 49.1 Å². The second kappa shape index (κ2) is 6.21. The van der Waals surface area contributed by atoms with E-state index in [4.69, 9.17) is 17.0 Å². The molecule has 1 heterocycles. The summed E-state index contributed by atoms with van der Waals surface area (Å²) < 4.78 is 5.91. The average molecular weight is 293 g/mol. The number of nitrogens with zero attached hydrogens (tertiary/aromatic N) is 1. The molecular weight excluding hydrogens is 278 g/mol. The summed E-state index contributed by atoms with van der Waals surface area (Å²) in [5.74, 6) is 0.742. The molecule has 1 aromatic rings. The summed E-state index contributed by atoms with van der Waals surface area (Å²) in [6, 6.07) is 7.61. The predicted molar refractivity (Wildman–Crippen MR) is 83.2 cm³/mol. The van der Waals surface area contributed by atoms with Gasteiger partial charge in [-0.3, -0.25) is 9.69 Å². The number of methoxy groups -OCH3 is 1. The summed E-state index contributed by atoms with van der Waals surface area (Å²) in [6.07, 6.45) is 2.74. The van der Waals surface area contributed by atoms with Gasteiger partial charge >= 0.3 is 0 Å². The minimum atomic E-state index is -0.0113. The number of ether oxygens (including phenoxy) is 1. The molecule has 0 atom stereocenters. The number of hydrogen-bond donors (Lipinski definition) is 0. The zero-order chi connectivity index (χ0) is 13.8. The van der Waals surface area contributed by atoms with Crippen molar-refractivity contribution in [2.45, 2.75) is 13.3 Å². The predicted octanol–water partition coefficient (Wildman–Crippen LogP) is 3.31. The standard InChI is InChI=1S/C14H15NO2S2/c1-3-8-15-13(16)12(19-14(15)18)9-10-6-4-5-7-11(10)17-2/h4-7,9H,3,8H2,1-2H3/b12-9-. The van der Waals surface area contributed by atoms with E-state index in [2.05, 4.69) is 0 Å². The molecule has 0 N–H and O–H groups in total. The highest BCUT2D eigenvalue weighted by molar-refractivity contribution is 8.26. The number of carbonyl (C=O) groups is 1. The maximum absolute atomic E-state index is 12.2. The molecule has 1 fully saturated rings. The largest absolute Gasteiger partial charge is 0.496 e. The quantitative estimate of drug-likeness (QED) is 0.629. The van der Waals surface area contributed by atoms with E-state index >= 15 is 0 Å². The Morgan fingerprint density at radius 3 is 2.84 bits per heavy atom. The van der Waals surface area contributed by atoms with Crippen LogP contribution in [0, 0.1) is 0 Å². The van der Waals surface area contributed by atoms with Crippen LogP contribution < -0.4 is 4.74 Å². The monoisotopic (exact) mass is 293 g/mol. The maximum atomic E-state index is 12.2. The maximum Gasteiger partial charge on any atom is 0.266 e. The van der Waals surface area contributed by atoms with Crippen LogP contribution in [0.15, 0.2) is 29.2 Å². The number of carbonyl (C=O) groups excluding carboxylic acids is 1. The first kappa shape index (κ1) is 14.1. The van der Waals surface area contributed by atoms with Gasteiger partial charge in [-0.25, -0.2) is 0 Å². The van der Waals surface area contributed by atoms with E-state index < -0.39 is 0 Å². The molecule has 1 amide bonds. The normalized spacial score (nSPS) is 17.4. The van der Waals surface area contributed by atoms with E-state index in [1.807, 2.05) is 37.3 Å². The Morgan fingerprint density at radius 2 is 2.16 bits per heavy atom. The number of benzene rings is 1. The Kier molecular flexibility index (Phi) is 4.61. The van der Waals surface area contributed by atoms with Gasteiger partial charge in [-0.2, -0.15) is 0 Å². The first-order valence-corrected chi connectivity index (χ1v) is 7.28. The van der Waals surface area contributed by atoms with Gasteiger partial charge in [0.1, 0.15) is 10.1 Å². The van der Waals surface area contributed by atoms with Crippen LogP contribution in [0.2, 0.25) is 0 Å². The fraction of sp³-hybridized carbons (Fsp3) is 0.286. The molecule has 0 spiro atoms. The van der Waals surface area contributed by atoms with Crippen molar-refractivity contribution in [1.29, 1.82) is 0 Å². The summed E-state index contributed by atoms with van der Waals surface area (Å²) in [5.41, 5.74) is 0.891. The Hall–Kier alpha value is -1.33. The fourth-order valence-electron chi connectivity index (χ4n) is 1.84. The first-order valence-electron chi connectivity index (χ1n) is 6.05. The molecule has 3 nitrogen and oxygen atoms in total. The Morgan fingerprint density at radius 1 is 1.42 bits per heavy atom. The van der Waals surface area contributed by atoms with Crippen molar-refractivity contribution in [2.75, 3.05) is 13.7 Å². The number of thioether (sulfide) groups is 1. The molecule has 1 aliphatic heterocycles. The number of thiocarbonyl (C=S) groups is 1. The third-order valence-electron chi connectivity index (χ3n) is 2.75. The van der Waals surface area contributed by atoms with Crippen molar-refractivity contribution in [2.24, 2.45) is 0 Å². The van der Waals surface area contributed by atoms with Crippen molar-refractivity contribution in [3.63, 3.8) is 0 Å². The topological polar surface area (TPSA) is 29.5 Å². The summed E-state index contributed by atoms with van der Waals surface area (Å²) >= 11 is 6.58. The van der Waals surface area contributed by atoms with Gasteiger partial charge < -0.3 is 4.74 Å². The Balaban J connectivity index is 2.30. The number of para-hydroxylation sites is 1. The van der Waals surface area contributed by atoms with Gasteiger partial charge in [-0.15, -0.1) is 0 Å². The van der Waals surface area contributed by atoms with Crippen molar-refractivity contribution in [3.8, 4) is 5.75 Å². The first-order chi connectivity index (χ1) is 9.17. The van der Waals surface area contributed by atoms with E-state index in [1.54, 1.807) is 12.0 Å². The van der Waals surface area contributed by atoms with E-state index in [-0.39, 0.29) is 5.91 Å².